The minimum absolute atomic E-state index is 0.0334. The number of aliphatic hydroxyl groups excluding tert-OH is 1. The average Bonchev–Trinajstić information content (AvgIpc) is 2.60. The number of hydrogen-bond donors (Lipinski definition) is 2. The third-order valence-electron chi connectivity index (χ3n) is 2.11. The fraction of sp³-hybridized carbons (Fsp3) is 0.333. The van der Waals surface area contributed by atoms with E-state index < -0.39 is 0 Å². The Morgan fingerprint density at radius 2 is 2.44 bits per heavy atom. The molecule has 2 heterocycles. The van der Waals surface area contributed by atoms with Crippen LogP contribution in [0.2, 0.25) is 0 Å². The smallest absolute Gasteiger partial charge is 0.326 e. The number of aliphatic hydroxyl groups is 1. The number of aliphatic imine (C=N–C) groups is 1. The minimum atomic E-state index is -0.381. The number of methoxy groups -OCH3 is 1. The van der Waals surface area contributed by atoms with E-state index in [4.69, 9.17) is 0 Å². The number of carbonyl (C=O) groups excluding carboxylic acids is 1. The molecule has 2 aliphatic rings. The molecule has 0 fully saturated rings. The van der Waals surface area contributed by atoms with E-state index in [9.17, 15) is 9.90 Å². The number of hydrogen-bond acceptors (Lipinski definition) is 7. The summed E-state index contributed by atoms with van der Waals surface area (Å²) in [4.78, 5) is 15.2. The highest BCUT2D eigenvalue weighted by Gasteiger charge is 2.27. The van der Waals surface area contributed by atoms with Gasteiger partial charge in [0.05, 0.1) is 13.3 Å². The Labute approximate surface area is 92.2 Å². The second-order valence-electron chi connectivity index (χ2n) is 3.38. The lowest BCUT2D eigenvalue weighted by Crippen LogP contribution is -2.43. The SMILES string of the molecule is COC(=O)CN1C=C2N=C(C)C=C(O)N2N1. The molecule has 2 N–H and O–H groups in total. The van der Waals surface area contributed by atoms with E-state index in [0.717, 1.165) is 0 Å². The number of rotatable bonds is 2. The molecule has 0 aromatic carbocycles. The fourth-order valence-corrected chi connectivity index (χ4v) is 1.40. The highest BCUT2D eigenvalue weighted by molar-refractivity contribution is 5.94. The molecule has 7 heteroatoms. The van der Waals surface area contributed by atoms with Crippen molar-refractivity contribution < 1.29 is 14.6 Å². The van der Waals surface area contributed by atoms with Crippen molar-refractivity contribution in [1.29, 1.82) is 0 Å². The van der Waals surface area contributed by atoms with Gasteiger partial charge in [0, 0.05) is 11.8 Å². The molecule has 0 aromatic heterocycles. The number of esters is 1. The molecule has 0 saturated carbocycles. The van der Waals surface area contributed by atoms with Gasteiger partial charge in [0.25, 0.3) is 0 Å². The van der Waals surface area contributed by atoms with E-state index in [0.29, 0.717) is 11.5 Å². The predicted octanol–water partition coefficient (Wildman–Crippen LogP) is -0.131. The Bertz CT molecular complexity index is 413. The Balaban J connectivity index is 2.11. The maximum atomic E-state index is 11.1. The number of carbonyl (C=O) groups is 1. The molecule has 0 saturated heterocycles. The van der Waals surface area contributed by atoms with Crippen LogP contribution < -0.4 is 5.53 Å². The zero-order chi connectivity index (χ0) is 11.7. The summed E-state index contributed by atoms with van der Waals surface area (Å²) in [5.74, 6) is 0.181. The molecule has 86 valence electrons. The molecule has 0 radical (unpaired) electrons. The predicted molar refractivity (Wildman–Crippen MR) is 55.6 cm³/mol. The van der Waals surface area contributed by atoms with Crippen LogP contribution in [0, 0.1) is 0 Å². The highest BCUT2D eigenvalue weighted by atomic mass is 16.5. The number of nitrogens with one attached hydrogen (secondary N) is 1. The van der Waals surface area contributed by atoms with Gasteiger partial charge in [0.15, 0.2) is 5.82 Å². The molecule has 16 heavy (non-hydrogen) atoms. The second-order valence-corrected chi connectivity index (χ2v) is 3.38. The van der Waals surface area contributed by atoms with Crippen molar-refractivity contribution in [2.75, 3.05) is 13.7 Å². The van der Waals surface area contributed by atoms with Gasteiger partial charge in [0.1, 0.15) is 6.54 Å². The third kappa shape index (κ3) is 1.84. The van der Waals surface area contributed by atoms with E-state index in [1.807, 2.05) is 0 Å². The maximum absolute atomic E-state index is 11.1. The van der Waals surface area contributed by atoms with Gasteiger partial charge in [-0.25, -0.2) is 10.0 Å². The van der Waals surface area contributed by atoms with Crippen LogP contribution in [0.25, 0.3) is 0 Å². The van der Waals surface area contributed by atoms with Crippen LogP contribution in [0.4, 0.5) is 0 Å². The van der Waals surface area contributed by atoms with E-state index in [1.165, 1.54) is 23.2 Å². The van der Waals surface area contributed by atoms with E-state index in [1.54, 1.807) is 13.1 Å². The van der Waals surface area contributed by atoms with Crippen LogP contribution in [0.3, 0.4) is 0 Å². The first-order valence-corrected chi connectivity index (χ1v) is 4.68. The zero-order valence-corrected chi connectivity index (χ0v) is 8.97. The average molecular weight is 224 g/mol. The first kappa shape index (κ1) is 10.5. The van der Waals surface area contributed by atoms with Crippen LogP contribution in [0.5, 0.6) is 0 Å². The molecule has 0 bridgehead atoms. The summed E-state index contributed by atoms with van der Waals surface area (Å²) in [5.41, 5.74) is 3.47. The molecule has 0 atom stereocenters. The lowest BCUT2D eigenvalue weighted by atomic mass is 10.3. The van der Waals surface area contributed by atoms with Crippen molar-refractivity contribution in [3.8, 4) is 0 Å². The summed E-state index contributed by atoms with van der Waals surface area (Å²) >= 11 is 0. The lowest BCUT2D eigenvalue weighted by Gasteiger charge is -2.23. The Hall–Kier alpha value is -2.02. The Morgan fingerprint density at radius 1 is 1.69 bits per heavy atom. The molecule has 0 aliphatic carbocycles. The quantitative estimate of drug-likeness (QED) is 0.636. The summed E-state index contributed by atoms with van der Waals surface area (Å²) in [6.07, 6.45) is 3.13. The molecule has 0 spiro atoms. The zero-order valence-electron chi connectivity index (χ0n) is 8.97. The second kappa shape index (κ2) is 3.86. The van der Waals surface area contributed by atoms with Crippen LogP contribution in [0.1, 0.15) is 6.92 Å². The van der Waals surface area contributed by atoms with E-state index in [2.05, 4.69) is 15.3 Å². The molecular weight excluding hydrogens is 212 g/mol. The van der Waals surface area contributed by atoms with Gasteiger partial charge >= 0.3 is 5.97 Å². The standard InChI is InChI=1S/C9H12N4O3/c1-6-3-8(14)13-7(10-6)4-12(11-13)5-9(15)16-2/h3-4,11,14H,5H2,1-2H3. The lowest BCUT2D eigenvalue weighted by molar-refractivity contribution is -0.142. The number of hydrazine groups is 2. The van der Waals surface area contributed by atoms with Crippen LogP contribution in [0.15, 0.2) is 29.0 Å². The maximum Gasteiger partial charge on any atom is 0.326 e. The van der Waals surface area contributed by atoms with Gasteiger partial charge in [-0.1, -0.05) is 0 Å². The monoisotopic (exact) mass is 224 g/mol. The number of allylic oxidation sites excluding steroid dienone is 1. The van der Waals surface area contributed by atoms with Gasteiger partial charge in [0.2, 0.25) is 5.88 Å². The van der Waals surface area contributed by atoms with Crippen LogP contribution >= 0.6 is 0 Å². The molecule has 2 rings (SSSR count). The molecule has 0 unspecified atom stereocenters. The van der Waals surface area contributed by atoms with Crippen LogP contribution in [-0.2, 0) is 9.53 Å². The van der Waals surface area contributed by atoms with Gasteiger partial charge in [-0.2, -0.15) is 0 Å². The van der Waals surface area contributed by atoms with Crippen LogP contribution in [-0.4, -0.2) is 40.5 Å². The molecule has 0 aromatic rings. The first-order chi connectivity index (χ1) is 7.60. The van der Waals surface area contributed by atoms with Crippen molar-refractivity contribution in [3.63, 3.8) is 0 Å². The van der Waals surface area contributed by atoms with Crippen molar-refractivity contribution >= 4 is 11.7 Å². The van der Waals surface area contributed by atoms with Gasteiger partial charge < -0.3 is 9.84 Å². The summed E-state index contributed by atoms with van der Waals surface area (Å²) in [7, 11) is 1.32. The van der Waals surface area contributed by atoms with Crippen molar-refractivity contribution in [1.82, 2.24) is 15.6 Å². The Morgan fingerprint density at radius 3 is 3.12 bits per heavy atom. The first-order valence-electron chi connectivity index (χ1n) is 4.68. The van der Waals surface area contributed by atoms with E-state index >= 15 is 0 Å². The number of nitrogens with zero attached hydrogens (tertiary/aromatic N) is 3. The largest absolute Gasteiger partial charge is 0.493 e. The van der Waals surface area contributed by atoms with Crippen molar-refractivity contribution in [3.05, 3.63) is 24.0 Å². The van der Waals surface area contributed by atoms with Crippen molar-refractivity contribution in [2.45, 2.75) is 6.92 Å². The van der Waals surface area contributed by atoms with Gasteiger partial charge in [-0.05, 0) is 6.92 Å². The normalized spacial score (nSPS) is 18.8. The van der Waals surface area contributed by atoms with Gasteiger partial charge in [-0.3, -0.25) is 9.80 Å². The Kier molecular flexibility index (Phi) is 2.53. The highest BCUT2D eigenvalue weighted by Crippen LogP contribution is 2.20. The summed E-state index contributed by atoms with van der Waals surface area (Å²) < 4.78 is 4.53. The topological polar surface area (TPSA) is 77.4 Å². The van der Waals surface area contributed by atoms with Crippen molar-refractivity contribution in [2.24, 2.45) is 4.99 Å². The molecular formula is C9H12N4O3. The summed E-state index contributed by atoms with van der Waals surface area (Å²) in [6, 6.07) is 0. The summed E-state index contributed by atoms with van der Waals surface area (Å²) in [5, 5.41) is 12.5. The third-order valence-corrected chi connectivity index (χ3v) is 2.11. The van der Waals surface area contributed by atoms with Gasteiger partial charge in [-0.15, -0.1) is 5.53 Å². The molecule has 2 aliphatic heterocycles. The summed E-state index contributed by atoms with van der Waals surface area (Å²) in [6.45, 7) is 1.82. The number of fused-ring (bicyclic) bond motifs is 1. The fourth-order valence-electron chi connectivity index (χ4n) is 1.40. The molecule has 0 amide bonds. The van der Waals surface area contributed by atoms with E-state index in [-0.39, 0.29) is 18.4 Å². The number of ether oxygens (including phenoxy) is 1. The minimum Gasteiger partial charge on any atom is -0.493 e. The molecule has 7 nitrogen and oxygen atoms in total.